The van der Waals surface area contributed by atoms with Gasteiger partial charge in [0.2, 0.25) is 0 Å². The molecule has 6 nitrogen and oxygen atoms in total. The average molecular weight is 370 g/mol. The smallest absolute Gasteiger partial charge is 0.191 e. The first kappa shape index (κ1) is 23.2. The Bertz CT molecular complexity index is 370. The van der Waals surface area contributed by atoms with Crippen LogP contribution in [0, 0.1) is 5.92 Å². The minimum absolute atomic E-state index is 0.569. The summed E-state index contributed by atoms with van der Waals surface area (Å²) in [5.74, 6) is 1.66. The Morgan fingerprint density at radius 1 is 1.15 bits per heavy atom. The van der Waals surface area contributed by atoms with Crippen molar-refractivity contribution in [1.82, 2.24) is 20.4 Å². The zero-order chi connectivity index (χ0) is 19.4. The Labute approximate surface area is 161 Å². The molecule has 0 atom stereocenters. The summed E-state index contributed by atoms with van der Waals surface area (Å²) in [5, 5.41) is 6.89. The molecule has 0 aromatic rings. The van der Waals surface area contributed by atoms with Crippen molar-refractivity contribution >= 4 is 5.96 Å². The van der Waals surface area contributed by atoms with Crippen molar-refractivity contribution in [3.05, 3.63) is 0 Å². The van der Waals surface area contributed by atoms with Gasteiger partial charge in [-0.3, -0.25) is 9.89 Å². The van der Waals surface area contributed by atoms with E-state index in [2.05, 4.69) is 55.1 Å². The zero-order valence-electron chi connectivity index (χ0n) is 18.1. The van der Waals surface area contributed by atoms with Crippen molar-refractivity contribution in [1.29, 1.82) is 0 Å². The topological polar surface area (TPSA) is 52.1 Å². The normalized spacial score (nSPS) is 17.5. The van der Waals surface area contributed by atoms with Crippen LogP contribution >= 0.6 is 0 Å². The van der Waals surface area contributed by atoms with E-state index >= 15 is 0 Å². The zero-order valence-corrected chi connectivity index (χ0v) is 18.1. The van der Waals surface area contributed by atoms with Crippen LogP contribution in [-0.4, -0.2) is 87.4 Å². The highest BCUT2D eigenvalue weighted by molar-refractivity contribution is 5.79. The van der Waals surface area contributed by atoms with E-state index in [9.17, 15) is 0 Å². The third-order valence-electron chi connectivity index (χ3n) is 5.16. The standard InChI is InChI=1S/C20H43N5O/c1-7-21-20(22-10-13-25(17(2)3)18(4)5)23-16-19-8-11-24(12-9-19)14-15-26-6/h17-19H,7-16H2,1-6H3,(H2,21,22,23). The second-order valence-electron chi connectivity index (χ2n) is 7.85. The maximum absolute atomic E-state index is 5.18. The largest absolute Gasteiger partial charge is 0.383 e. The Morgan fingerprint density at radius 3 is 2.35 bits per heavy atom. The lowest BCUT2D eigenvalue weighted by atomic mass is 9.97. The fraction of sp³-hybridized carbons (Fsp3) is 0.950. The number of nitrogens with zero attached hydrogens (tertiary/aromatic N) is 3. The van der Waals surface area contributed by atoms with Gasteiger partial charge in [-0.1, -0.05) is 0 Å². The molecular formula is C20H43N5O. The van der Waals surface area contributed by atoms with Gasteiger partial charge in [-0.15, -0.1) is 0 Å². The number of nitrogens with one attached hydrogen (secondary N) is 2. The minimum Gasteiger partial charge on any atom is -0.383 e. The summed E-state index contributed by atoms with van der Waals surface area (Å²) in [6.45, 7) is 19.2. The molecule has 2 N–H and O–H groups in total. The fourth-order valence-corrected chi connectivity index (χ4v) is 3.59. The first-order valence-electron chi connectivity index (χ1n) is 10.5. The van der Waals surface area contributed by atoms with Crippen LogP contribution < -0.4 is 10.6 Å². The molecule has 1 aliphatic rings. The van der Waals surface area contributed by atoms with Crippen molar-refractivity contribution in [2.24, 2.45) is 10.9 Å². The minimum atomic E-state index is 0.569. The molecule has 26 heavy (non-hydrogen) atoms. The third-order valence-corrected chi connectivity index (χ3v) is 5.16. The van der Waals surface area contributed by atoms with Crippen LogP contribution in [-0.2, 0) is 4.74 Å². The van der Waals surface area contributed by atoms with Gasteiger partial charge in [0.15, 0.2) is 5.96 Å². The van der Waals surface area contributed by atoms with Crippen molar-refractivity contribution in [3.8, 4) is 0 Å². The van der Waals surface area contributed by atoms with Gasteiger partial charge in [0.25, 0.3) is 0 Å². The molecule has 1 fully saturated rings. The number of ether oxygens (including phenoxy) is 1. The number of methoxy groups -OCH3 is 1. The Morgan fingerprint density at radius 2 is 1.81 bits per heavy atom. The Kier molecular flexibility index (Phi) is 11.9. The predicted octanol–water partition coefficient (Wildman–Crippen LogP) is 2.02. The molecule has 1 saturated heterocycles. The molecule has 154 valence electrons. The molecule has 0 spiro atoms. The molecule has 0 saturated carbocycles. The third kappa shape index (κ3) is 9.19. The van der Waals surface area contributed by atoms with Gasteiger partial charge in [-0.2, -0.15) is 0 Å². The molecular weight excluding hydrogens is 326 g/mol. The Hall–Kier alpha value is -0.850. The highest BCUT2D eigenvalue weighted by Crippen LogP contribution is 2.17. The lowest BCUT2D eigenvalue weighted by molar-refractivity contribution is 0.121. The number of aliphatic imine (C=N–C) groups is 1. The second kappa shape index (κ2) is 13.3. The van der Waals surface area contributed by atoms with E-state index in [1.165, 1.54) is 25.9 Å². The highest BCUT2D eigenvalue weighted by Gasteiger charge is 2.18. The van der Waals surface area contributed by atoms with Gasteiger partial charge in [-0.05, 0) is 66.5 Å². The summed E-state index contributed by atoms with van der Waals surface area (Å²) in [6, 6.07) is 1.14. The molecule has 0 aromatic carbocycles. The summed E-state index contributed by atoms with van der Waals surface area (Å²) in [7, 11) is 1.78. The summed E-state index contributed by atoms with van der Waals surface area (Å²) in [5.41, 5.74) is 0. The number of likely N-dealkylation sites (tertiary alicyclic amines) is 1. The Balaban J connectivity index is 2.37. The van der Waals surface area contributed by atoms with Gasteiger partial charge >= 0.3 is 0 Å². The van der Waals surface area contributed by atoms with E-state index in [0.717, 1.165) is 45.3 Å². The number of piperidine rings is 1. The summed E-state index contributed by atoms with van der Waals surface area (Å²) in [4.78, 5) is 9.85. The van der Waals surface area contributed by atoms with Crippen molar-refractivity contribution in [3.63, 3.8) is 0 Å². The molecule has 1 heterocycles. The van der Waals surface area contributed by atoms with Crippen LogP contribution in [0.4, 0.5) is 0 Å². The molecule has 0 aliphatic carbocycles. The van der Waals surface area contributed by atoms with E-state index in [0.29, 0.717) is 18.0 Å². The molecule has 0 aromatic heterocycles. The predicted molar refractivity (Wildman–Crippen MR) is 112 cm³/mol. The van der Waals surface area contributed by atoms with E-state index < -0.39 is 0 Å². The molecule has 0 amide bonds. The number of rotatable bonds is 11. The molecule has 0 radical (unpaired) electrons. The van der Waals surface area contributed by atoms with Crippen LogP contribution in [0.3, 0.4) is 0 Å². The lowest BCUT2D eigenvalue weighted by Crippen LogP contribution is -2.45. The second-order valence-corrected chi connectivity index (χ2v) is 7.85. The number of hydrogen-bond donors (Lipinski definition) is 2. The van der Waals surface area contributed by atoms with E-state index in [4.69, 9.17) is 9.73 Å². The van der Waals surface area contributed by atoms with E-state index in [1.807, 2.05) is 0 Å². The van der Waals surface area contributed by atoms with Gasteiger partial charge < -0.3 is 20.3 Å². The molecule has 0 unspecified atom stereocenters. The van der Waals surface area contributed by atoms with Crippen LogP contribution in [0.15, 0.2) is 4.99 Å². The van der Waals surface area contributed by atoms with Crippen molar-refractivity contribution in [2.75, 3.05) is 59.5 Å². The molecule has 6 heteroatoms. The SMILES string of the molecule is CCNC(=NCC1CCN(CCOC)CC1)NCCN(C(C)C)C(C)C. The van der Waals surface area contributed by atoms with Crippen LogP contribution in [0.2, 0.25) is 0 Å². The summed E-state index contributed by atoms with van der Waals surface area (Å²) < 4.78 is 5.18. The number of hydrogen-bond acceptors (Lipinski definition) is 4. The first-order chi connectivity index (χ1) is 12.5. The van der Waals surface area contributed by atoms with E-state index in [-0.39, 0.29) is 0 Å². The maximum atomic E-state index is 5.18. The summed E-state index contributed by atoms with van der Waals surface area (Å²) >= 11 is 0. The molecule has 1 aliphatic heterocycles. The summed E-state index contributed by atoms with van der Waals surface area (Å²) in [6.07, 6.45) is 2.47. The highest BCUT2D eigenvalue weighted by atomic mass is 16.5. The fourth-order valence-electron chi connectivity index (χ4n) is 3.59. The molecule has 1 rings (SSSR count). The first-order valence-corrected chi connectivity index (χ1v) is 10.5. The van der Waals surface area contributed by atoms with E-state index in [1.54, 1.807) is 7.11 Å². The quantitative estimate of drug-likeness (QED) is 0.431. The number of guanidine groups is 1. The van der Waals surface area contributed by atoms with Crippen LogP contribution in [0.5, 0.6) is 0 Å². The van der Waals surface area contributed by atoms with Crippen molar-refractivity contribution in [2.45, 2.75) is 59.5 Å². The van der Waals surface area contributed by atoms with Crippen molar-refractivity contribution < 1.29 is 4.74 Å². The van der Waals surface area contributed by atoms with Gasteiger partial charge in [0.1, 0.15) is 0 Å². The average Bonchev–Trinajstić information content (AvgIpc) is 2.61. The van der Waals surface area contributed by atoms with Crippen LogP contribution in [0.1, 0.15) is 47.5 Å². The van der Waals surface area contributed by atoms with Gasteiger partial charge in [-0.25, -0.2) is 0 Å². The lowest BCUT2D eigenvalue weighted by Gasteiger charge is -2.31. The maximum Gasteiger partial charge on any atom is 0.191 e. The van der Waals surface area contributed by atoms with Gasteiger partial charge in [0.05, 0.1) is 6.61 Å². The van der Waals surface area contributed by atoms with Gasteiger partial charge in [0, 0.05) is 51.9 Å². The monoisotopic (exact) mass is 369 g/mol. The molecule has 0 bridgehead atoms. The van der Waals surface area contributed by atoms with Crippen LogP contribution in [0.25, 0.3) is 0 Å².